The van der Waals surface area contributed by atoms with E-state index in [1.165, 1.54) is 12.1 Å². The van der Waals surface area contributed by atoms with Crippen LogP contribution in [0.1, 0.15) is 24.2 Å². The minimum atomic E-state index is -1.05. The van der Waals surface area contributed by atoms with Crippen LogP contribution in [0.25, 0.3) is 0 Å². The smallest absolute Gasteiger partial charge is 0.335 e. The third-order valence-electron chi connectivity index (χ3n) is 2.77. The van der Waals surface area contributed by atoms with Gasteiger partial charge in [0, 0.05) is 29.9 Å². The fourth-order valence-corrected chi connectivity index (χ4v) is 2.20. The van der Waals surface area contributed by atoms with Crippen molar-refractivity contribution in [2.24, 2.45) is 0 Å². The zero-order valence-corrected chi connectivity index (χ0v) is 13.6. The van der Waals surface area contributed by atoms with Crippen LogP contribution in [0.15, 0.2) is 22.7 Å². The van der Waals surface area contributed by atoms with Gasteiger partial charge in [0.2, 0.25) is 0 Å². The first kappa shape index (κ1) is 17.5. The number of anilines is 1. The number of amides is 2. The molecule has 0 bridgehead atoms. The van der Waals surface area contributed by atoms with Crippen LogP contribution in [-0.2, 0) is 4.74 Å². The van der Waals surface area contributed by atoms with Gasteiger partial charge in [-0.25, -0.2) is 9.59 Å². The van der Waals surface area contributed by atoms with Crippen LogP contribution in [-0.4, -0.2) is 48.3 Å². The topological polar surface area (TPSA) is 78.9 Å². The molecule has 1 rings (SSSR count). The molecule has 0 saturated heterocycles. The zero-order valence-electron chi connectivity index (χ0n) is 12.1. The molecule has 1 aromatic rings. The van der Waals surface area contributed by atoms with E-state index in [1.807, 2.05) is 13.8 Å². The van der Waals surface area contributed by atoms with Crippen molar-refractivity contribution in [2.75, 3.05) is 31.6 Å². The van der Waals surface area contributed by atoms with Crippen LogP contribution in [0.4, 0.5) is 10.5 Å². The van der Waals surface area contributed by atoms with E-state index in [0.717, 1.165) is 0 Å². The van der Waals surface area contributed by atoms with Crippen molar-refractivity contribution in [3.8, 4) is 0 Å². The standard InChI is InChI=1S/C14H19BrN2O4/c1-3-17(5-6-21-4-2)14(20)16-12-8-10(13(18)19)7-11(15)9-12/h7-9H,3-6H2,1-2H3,(H,16,20)(H,18,19). The normalized spacial score (nSPS) is 10.2. The van der Waals surface area contributed by atoms with Gasteiger partial charge in [0.1, 0.15) is 0 Å². The quantitative estimate of drug-likeness (QED) is 0.734. The molecule has 0 radical (unpaired) electrons. The summed E-state index contributed by atoms with van der Waals surface area (Å²) in [4.78, 5) is 24.7. The van der Waals surface area contributed by atoms with E-state index >= 15 is 0 Å². The molecular formula is C14H19BrN2O4. The summed E-state index contributed by atoms with van der Waals surface area (Å²) in [6.07, 6.45) is 0. The number of nitrogens with one attached hydrogen (secondary N) is 1. The first-order valence-corrected chi connectivity index (χ1v) is 7.44. The van der Waals surface area contributed by atoms with Gasteiger partial charge in [-0.2, -0.15) is 0 Å². The summed E-state index contributed by atoms with van der Waals surface area (Å²) in [5.41, 5.74) is 0.540. The van der Waals surface area contributed by atoms with Gasteiger partial charge < -0.3 is 20.1 Å². The summed E-state index contributed by atoms with van der Waals surface area (Å²) in [5.74, 6) is -1.05. The van der Waals surface area contributed by atoms with Gasteiger partial charge in [-0.1, -0.05) is 15.9 Å². The molecule has 0 heterocycles. The first-order chi connectivity index (χ1) is 9.97. The van der Waals surface area contributed by atoms with Gasteiger partial charge in [0.25, 0.3) is 0 Å². The summed E-state index contributed by atoms with van der Waals surface area (Å²) in [5, 5.41) is 11.7. The molecule has 0 aliphatic heterocycles. The van der Waals surface area contributed by atoms with E-state index in [9.17, 15) is 9.59 Å². The highest BCUT2D eigenvalue weighted by Gasteiger charge is 2.13. The average molecular weight is 359 g/mol. The molecule has 0 aliphatic rings. The van der Waals surface area contributed by atoms with Crippen LogP contribution in [0.3, 0.4) is 0 Å². The van der Waals surface area contributed by atoms with Gasteiger partial charge in [-0.15, -0.1) is 0 Å². The Morgan fingerprint density at radius 3 is 2.62 bits per heavy atom. The minimum Gasteiger partial charge on any atom is -0.478 e. The number of ether oxygens (including phenoxy) is 1. The molecule has 2 amide bonds. The Balaban J connectivity index is 2.74. The van der Waals surface area contributed by atoms with E-state index in [2.05, 4.69) is 21.2 Å². The minimum absolute atomic E-state index is 0.108. The molecule has 2 N–H and O–H groups in total. The van der Waals surface area contributed by atoms with Crippen LogP contribution in [0.2, 0.25) is 0 Å². The Kier molecular flexibility index (Phi) is 7.18. The lowest BCUT2D eigenvalue weighted by molar-refractivity contribution is 0.0696. The van der Waals surface area contributed by atoms with Crippen molar-refractivity contribution in [2.45, 2.75) is 13.8 Å². The predicted octanol–water partition coefficient (Wildman–Crippen LogP) is 3.04. The van der Waals surface area contributed by atoms with Gasteiger partial charge >= 0.3 is 12.0 Å². The van der Waals surface area contributed by atoms with Gasteiger partial charge in [-0.05, 0) is 32.0 Å². The fraction of sp³-hybridized carbons (Fsp3) is 0.429. The molecule has 0 saturated carbocycles. The predicted molar refractivity (Wildman–Crippen MR) is 83.9 cm³/mol. The molecular weight excluding hydrogens is 340 g/mol. The summed E-state index contributed by atoms with van der Waals surface area (Å²) >= 11 is 3.23. The molecule has 0 fully saturated rings. The van der Waals surface area contributed by atoms with Crippen molar-refractivity contribution >= 4 is 33.6 Å². The SMILES string of the molecule is CCOCCN(CC)C(=O)Nc1cc(Br)cc(C(=O)O)c1. The number of hydrogen-bond donors (Lipinski definition) is 2. The average Bonchev–Trinajstić information content (AvgIpc) is 2.42. The first-order valence-electron chi connectivity index (χ1n) is 6.65. The second-order valence-corrected chi connectivity index (χ2v) is 5.16. The highest BCUT2D eigenvalue weighted by molar-refractivity contribution is 9.10. The maximum atomic E-state index is 12.1. The van der Waals surface area contributed by atoms with Crippen molar-refractivity contribution in [3.05, 3.63) is 28.2 Å². The number of likely N-dealkylation sites (N-methyl/N-ethyl adjacent to an activating group) is 1. The number of hydrogen-bond acceptors (Lipinski definition) is 3. The summed E-state index contributed by atoms with van der Waals surface area (Å²) in [6.45, 7) is 5.86. The summed E-state index contributed by atoms with van der Waals surface area (Å²) < 4.78 is 5.82. The lowest BCUT2D eigenvalue weighted by Crippen LogP contribution is -2.37. The van der Waals surface area contributed by atoms with Gasteiger partial charge in [0.05, 0.1) is 12.2 Å². The second-order valence-electron chi connectivity index (χ2n) is 4.24. The number of carbonyl (C=O) groups excluding carboxylic acids is 1. The van der Waals surface area contributed by atoms with Gasteiger partial charge in [-0.3, -0.25) is 0 Å². The molecule has 1 aromatic carbocycles. The molecule has 0 aromatic heterocycles. The van der Waals surface area contributed by atoms with E-state index in [4.69, 9.17) is 9.84 Å². The van der Waals surface area contributed by atoms with E-state index in [-0.39, 0.29) is 11.6 Å². The Morgan fingerprint density at radius 1 is 1.33 bits per heavy atom. The maximum Gasteiger partial charge on any atom is 0.335 e. The molecule has 21 heavy (non-hydrogen) atoms. The number of aromatic carboxylic acids is 1. The molecule has 0 atom stereocenters. The lowest BCUT2D eigenvalue weighted by Gasteiger charge is -2.21. The largest absolute Gasteiger partial charge is 0.478 e. The lowest BCUT2D eigenvalue weighted by atomic mass is 10.2. The second kappa shape index (κ2) is 8.63. The van der Waals surface area contributed by atoms with Crippen molar-refractivity contribution in [1.82, 2.24) is 4.90 Å². The molecule has 0 unspecified atom stereocenters. The Hall–Kier alpha value is -1.60. The number of urea groups is 1. The molecule has 116 valence electrons. The van der Waals surface area contributed by atoms with E-state index in [0.29, 0.717) is 36.5 Å². The number of halogens is 1. The number of carboxylic acid groups (broad SMARTS) is 1. The number of carboxylic acids is 1. The molecule has 0 aliphatic carbocycles. The van der Waals surface area contributed by atoms with Crippen molar-refractivity contribution in [1.29, 1.82) is 0 Å². The fourth-order valence-electron chi connectivity index (χ4n) is 1.71. The summed E-state index contributed by atoms with van der Waals surface area (Å²) in [7, 11) is 0. The highest BCUT2D eigenvalue weighted by atomic mass is 79.9. The Morgan fingerprint density at radius 2 is 2.05 bits per heavy atom. The molecule has 7 heteroatoms. The third kappa shape index (κ3) is 5.73. The highest BCUT2D eigenvalue weighted by Crippen LogP contribution is 2.20. The van der Waals surface area contributed by atoms with E-state index in [1.54, 1.807) is 11.0 Å². The molecule has 0 spiro atoms. The number of carbonyl (C=O) groups is 2. The molecule has 6 nitrogen and oxygen atoms in total. The zero-order chi connectivity index (χ0) is 15.8. The van der Waals surface area contributed by atoms with E-state index < -0.39 is 5.97 Å². The number of nitrogens with zero attached hydrogens (tertiary/aromatic N) is 1. The number of benzene rings is 1. The van der Waals surface area contributed by atoms with Crippen LogP contribution < -0.4 is 5.32 Å². The van der Waals surface area contributed by atoms with Gasteiger partial charge in [0.15, 0.2) is 0 Å². The van der Waals surface area contributed by atoms with Crippen LogP contribution >= 0.6 is 15.9 Å². The monoisotopic (exact) mass is 358 g/mol. The summed E-state index contributed by atoms with van der Waals surface area (Å²) in [6, 6.07) is 4.26. The Bertz CT molecular complexity index is 508. The van der Waals surface area contributed by atoms with Crippen LogP contribution in [0.5, 0.6) is 0 Å². The van der Waals surface area contributed by atoms with Crippen LogP contribution in [0, 0.1) is 0 Å². The van der Waals surface area contributed by atoms with Crippen molar-refractivity contribution < 1.29 is 19.4 Å². The number of rotatable bonds is 7. The Labute approximate surface area is 132 Å². The third-order valence-corrected chi connectivity index (χ3v) is 3.23. The van der Waals surface area contributed by atoms with Crippen molar-refractivity contribution in [3.63, 3.8) is 0 Å². The maximum absolute atomic E-state index is 12.1.